The molecule has 0 amide bonds. The zero-order valence-corrected chi connectivity index (χ0v) is 15.4. The Labute approximate surface area is 152 Å². The maximum Gasteiger partial charge on any atom is 0.237 e. The molecule has 0 atom stereocenters. The summed E-state index contributed by atoms with van der Waals surface area (Å²) in [5.41, 5.74) is 0.995. The lowest BCUT2D eigenvalue weighted by Crippen LogP contribution is -2.21. The molecule has 9 heteroatoms. The first-order chi connectivity index (χ1) is 11.9. The second kappa shape index (κ2) is 7.62. The fourth-order valence-electron chi connectivity index (χ4n) is 2.69. The molecule has 0 radical (unpaired) electrons. The van der Waals surface area contributed by atoms with Crippen LogP contribution in [0.4, 0.5) is 5.13 Å². The van der Waals surface area contributed by atoms with Gasteiger partial charge in [0.1, 0.15) is 0 Å². The lowest BCUT2D eigenvalue weighted by Gasteiger charge is -2.21. The molecule has 1 fully saturated rings. The van der Waals surface area contributed by atoms with E-state index >= 15 is 0 Å². The summed E-state index contributed by atoms with van der Waals surface area (Å²) in [5.74, 6) is 1.86. The topological polar surface area (TPSA) is 76.7 Å². The highest BCUT2D eigenvalue weighted by molar-refractivity contribution is 8.00. The van der Waals surface area contributed by atoms with E-state index < -0.39 is 0 Å². The number of hydrogen-bond donors (Lipinski definition) is 1. The van der Waals surface area contributed by atoms with Crippen LogP contribution in [0.25, 0.3) is 11.4 Å². The number of thiophene rings is 1. The van der Waals surface area contributed by atoms with E-state index in [4.69, 9.17) is 4.52 Å². The fourth-order valence-corrected chi connectivity index (χ4v) is 4.99. The van der Waals surface area contributed by atoms with Crippen LogP contribution in [0.15, 0.2) is 25.7 Å². The first-order valence-electron chi connectivity index (χ1n) is 7.95. The standard InChI is InChI=1S/C15H17N5OS3/c1-2-4-11(5-3-1)16-14-18-19-15(24-14)23-9-12-17-13(20-21-12)10-6-7-22-8-10/h6-8,11H,1-5,9H2,(H,16,18). The van der Waals surface area contributed by atoms with Gasteiger partial charge in [0.2, 0.25) is 16.8 Å². The third-order valence-corrected chi connectivity index (χ3v) is 6.56. The van der Waals surface area contributed by atoms with Crippen molar-refractivity contribution in [1.29, 1.82) is 0 Å². The van der Waals surface area contributed by atoms with Gasteiger partial charge < -0.3 is 9.84 Å². The largest absolute Gasteiger partial charge is 0.357 e. The summed E-state index contributed by atoms with van der Waals surface area (Å²) in [6.07, 6.45) is 6.43. The molecule has 4 rings (SSSR count). The Morgan fingerprint density at radius 2 is 2.17 bits per heavy atom. The molecule has 24 heavy (non-hydrogen) atoms. The van der Waals surface area contributed by atoms with Crippen LogP contribution in [-0.4, -0.2) is 26.4 Å². The van der Waals surface area contributed by atoms with Crippen molar-refractivity contribution in [3.05, 3.63) is 22.7 Å². The number of hydrogen-bond acceptors (Lipinski definition) is 9. The van der Waals surface area contributed by atoms with Crippen molar-refractivity contribution in [1.82, 2.24) is 20.3 Å². The van der Waals surface area contributed by atoms with E-state index in [9.17, 15) is 0 Å². The van der Waals surface area contributed by atoms with E-state index in [1.165, 1.54) is 32.1 Å². The predicted molar refractivity (Wildman–Crippen MR) is 97.6 cm³/mol. The number of anilines is 1. The highest BCUT2D eigenvalue weighted by atomic mass is 32.2. The predicted octanol–water partition coefficient (Wildman–Crippen LogP) is 4.69. The van der Waals surface area contributed by atoms with Crippen LogP contribution in [0.3, 0.4) is 0 Å². The summed E-state index contributed by atoms with van der Waals surface area (Å²) in [7, 11) is 0. The lowest BCUT2D eigenvalue weighted by molar-refractivity contribution is 0.391. The van der Waals surface area contributed by atoms with Gasteiger partial charge in [0.05, 0.1) is 5.75 Å². The molecule has 0 saturated heterocycles. The van der Waals surface area contributed by atoms with Gasteiger partial charge in [0.25, 0.3) is 0 Å². The fraction of sp³-hybridized carbons (Fsp3) is 0.467. The Morgan fingerprint density at radius 3 is 3.00 bits per heavy atom. The quantitative estimate of drug-likeness (QED) is 0.623. The first kappa shape index (κ1) is 16.0. The molecular formula is C15H17N5OS3. The molecule has 0 aliphatic heterocycles. The van der Waals surface area contributed by atoms with Crippen LogP contribution in [0, 0.1) is 0 Å². The van der Waals surface area contributed by atoms with Crippen molar-refractivity contribution in [2.75, 3.05) is 5.32 Å². The van der Waals surface area contributed by atoms with Gasteiger partial charge in [-0.05, 0) is 24.3 Å². The molecule has 3 aromatic heterocycles. The second-order valence-corrected chi connectivity index (χ2v) is 8.64. The molecular weight excluding hydrogens is 362 g/mol. The second-order valence-electron chi connectivity index (χ2n) is 5.66. The molecule has 0 bridgehead atoms. The maximum atomic E-state index is 5.30. The zero-order valence-electron chi connectivity index (χ0n) is 13.0. The van der Waals surface area contributed by atoms with Crippen molar-refractivity contribution < 1.29 is 4.52 Å². The minimum atomic E-state index is 0.550. The molecule has 0 unspecified atom stereocenters. The minimum Gasteiger partial charge on any atom is -0.357 e. The van der Waals surface area contributed by atoms with Crippen molar-refractivity contribution in [3.63, 3.8) is 0 Å². The van der Waals surface area contributed by atoms with Crippen LogP contribution in [0.5, 0.6) is 0 Å². The monoisotopic (exact) mass is 379 g/mol. The van der Waals surface area contributed by atoms with Gasteiger partial charge >= 0.3 is 0 Å². The average Bonchev–Trinajstić information content (AvgIpc) is 3.35. The summed E-state index contributed by atoms with van der Waals surface area (Å²) in [6, 6.07) is 2.54. The maximum absolute atomic E-state index is 5.30. The van der Waals surface area contributed by atoms with Crippen LogP contribution in [0.1, 0.15) is 38.0 Å². The summed E-state index contributed by atoms with van der Waals surface area (Å²) in [5, 5.41) is 20.9. The van der Waals surface area contributed by atoms with Gasteiger partial charge in [-0.1, -0.05) is 47.5 Å². The van der Waals surface area contributed by atoms with Gasteiger partial charge in [0, 0.05) is 17.0 Å². The molecule has 1 aliphatic carbocycles. The van der Waals surface area contributed by atoms with Crippen LogP contribution >= 0.6 is 34.4 Å². The van der Waals surface area contributed by atoms with Crippen LogP contribution in [-0.2, 0) is 5.75 Å². The Bertz CT molecular complexity index is 764. The number of thioether (sulfide) groups is 1. The molecule has 3 heterocycles. The van der Waals surface area contributed by atoms with Crippen molar-refractivity contribution >= 4 is 39.6 Å². The van der Waals surface area contributed by atoms with Crippen molar-refractivity contribution in [2.45, 2.75) is 48.2 Å². The lowest BCUT2D eigenvalue weighted by atomic mass is 9.96. The van der Waals surface area contributed by atoms with Crippen LogP contribution < -0.4 is 5.32 Å². The highest BCUT2D eigenvalue weighted by Gasteiger charge is 2.16. The smallest absolute Gasteiger partial charge is 0.237 e. The van der Waals surface area contributed by atoms with Gasteiger partial charge in [-0.25, -0.2) is 0 Å². The van der Waals surface area contributed by atoms with E-state index in [0.29, 0.717) is 23.5 Å². The number of nitrogens with one attached hydrogen (secondary N) is 1. The number of nitrogens with zero attached hydrogens (tertiary/aromatic N) is 4. The van der Waals surface area contributed by atoms with Crippen LogP contribution in [0.2, 0.25) is 0 Å². The number of rotatable bonds is 6. The van der Waals surface area contributed by atoms with E-state index in [-0.39, 0.29) is 0 Å². The van der Waals surface area contributed by atoms with Gasteiger partial charge in [-0.2, -0.15) is 16.3 Å². The van der Waals surface area contributed by atoms with E-state index in [1.54, 1.807) is 34.4 Å². The van der Waals surface area contributed by atoms with Gasteiger partial charge in [-0.3, -0.25) is 0 Å². The first-order valence-corrected chi connectivity index (χ1v) is 10.7. The summed E-state index contributed by atoms with van der Waals surface area (Å²) in [4.78, 5) is 4.42. The molecule has 6 nitrogen and oxygen atoms in total. The average molecular weight is 380 g/mol. The molecule has 1 aliphatic rings. The normalized spacial score (nSPS) is 15.7. The zero-order chi connectivity index (χ0) is 16.2. The third-order valence-electron chi connectivity index (χ3n) is 3.91. The van der Waals surface area contributed by atoms with E-state index in [0.717, 1.165) is 15.0 Å². The molecule has 126 valence electrons. The molecule has 1 N–H and O–H groups in total. The molecule has 0 spiro atoms. The molecule has 1 saturated carbocycles. The SMILES string of the molecule is c1cc(-c2noc(CSc3nnc(NC4CCCCC4)s3)n2)cs1. The third kappa shape index (κ3) is 3.96. The Hall–Kier alpha value is -1.45. The summed E-state index contributed by atoms with van der Waals surface area (Å²) < 4.78 is 6.22. The summed E-state index contributed by atoms with van der Waals surface area (Å²) >= 11 is 4.79. The summed E-state index contributed by atoms with van der Waals surface area (Å²) in [6.45, 7) is 0. The number of aromatic nitrogens is 4. The Balaban J connectivity index is 1.31. The molecule has 3 aromatic rings. The van der Waals surface area contributed by atoms with Gasteiger partial charge in [0.15, 0.2) is 4.34 Å². The van der Waals surface area contributed by atoms with E-state index in [1.807, 2.05) is 16.8 Å². The van der Waals surface area contributed by atoms with Gasteiger partial charge in [-0.15, -0.1) is 10.2 Å². The van der Waals surface area contributed by atoms with Crippen molar-refractivity contribution in [3.8, 4) is 11.4 Å². The Kier molecular flexibility index (Phi) is 5.10. The van der Waals surface area contributed by atoms with E-state index in [2.05, 4.69) is 25.7 Å². The highest BCUT2D eigenvalue weighted by Crippen LogP contribution is 2.30. The minimum absolute atomic E-state index is 0.550. The Morgan fingerprint density at radius 1 is 1.25 bits per heavy atom. The van der Waals surface area contributed by atoms with Crippen molar-refractivity contribution in [2.24, 2.45) is 0 Å². The molecule has 0 aromatic carbocycles.